The summed E-state index contributed by atoms with van der Waals surface area (Å²) in [6.07, 6.45) is 0. The predicted molar refractivity (Wildman–Crippen MR) is 170 cm³/mol. The maximum atomic E-state index is 5.14. The third-order valence-corrected chi connectivity index (χ3v) is 8.87. The van der Waals surface area contributed by atoms with Crippen LogP contribution in [0.15, 0.2) is 146 Å². The maximum Gasteiger partial charge on any atom is 0.145 e. The van der Waals surface area contributed by atoms with Crippen molar-refractivity contribution in [2.24, 2.45) is 0 Å². The van der Waals surface area contributed by atoms with Crippen molar-refractivity contribution in [3.8, 4) is 39.3 Å². The minimum absolute atomic E-state index is 0.941. The van der Waals surface area contributed by atoms with Gasteiger partial charge in [-0.05, 0) is 41.0 Å². The number of hydrogen-bond acceptors (Lipinski definition) is 2. The SMILES string of the molecule is c1ccc(-c2ccccc2-n2c(-c3ccc(-c4cccc5c4sc4ccccc45)cc3)nc3ccccc32)cc1. The Balaban J connectivity index is 1.29. The third kappa shape index (κ3) is 3.67. The highest BCUT2D eigenvalue weighted by atomic mass is 32.1. The zero-order valence-electron chi connectivity index (χ0n) is 21.7. The van der Waals surface area contributed by atoms with Gasteiger partial charge in [0.15, 0.2) is 0 Å². The number of thiophene rings is 1. The first-order valence-corrected chi connectivity index (χ1v) is 14.3. The molecule has 0 radical (unpaired) electrons. The van der Waals surface area contributed by atoms with Crippen molar-refractivity contribution in [1.82, 2.24) is 9.55 Å². The summed E-state index contributed by atoms with van der Waals surface area (Å²) in [5.74, 6) is 0.941. The Bertz CT molecular complexity index is 2150. The molecule has 2 aromatic heterocycles. The number of para-hydroxylation sites is 3. The number of fused-ring (bicyclic) bond motifs is 4. The van der Waals surface area contributed by atoms with Crippen molar-refractivity contribution in [1.29, 1.82) is 0 Å². The minimum Gasteiger partial charge on any atom is -0.292 e. The molecule has 188 valence electrons. The van der Waals surface area contributed by atoms with Crippen LogP contribution in [0.25, 0.3) is 70.5 Å². The summed E-state index contributed by atoms with van der Waals surface area (Å²) in [6, 6.07) is 51.8. The largest absolute Gasteiger partial charge is 0.292 e. The highest BCUT2D eigenvalue weighted by molar-refractivity contribution is 7.26. The average molecular weight is 529 g/mol. The van der Waals surface area contributed by atoms with Crippen molar-refractivity contribution in [2.75, 3.05) is 0 Å². The van der Waals surface area contributed by atoms with E-state index in [-0.39, 0.29) is 0 Å². The van der Waals surface area contributed by atoms with E-state index in [0.29, 0.717) is 0 Å². The molecular weight excluding hydrogens is 504 g/mol. The first kappa shape index (κ1) is 22.9. The number of aromatic nitrogens is 2. The summed E-state index contributed by atoms with van der Waals surface area (Å²) in [4.78, 5) is 5.14. The Morgan fingerprint density at radius 2 is 1.12 bits per heavy atom. The van der Waals surface area contributed by atoms with Crippen LogP contribution in [0.5, 0.6) is 0 Å². The molecule has 0 aliphatic heterocycles. The molecule has 0 unspecified atom stereocenters. The molecule has 0 aliphatic carbocycles. The Labute approximate surface area is 236 Å². The average Bonchev–Trinajstić information content (AvgIpc) is 3.60. The minimum atomic E-state index is 0.941. The Morgan fingerprint density at radius 3 is 2.02 bits per heavy atom. The molecule has 0 atom stereocenters. The summed E-state index contributed by atoms with van der Waals surface area (Å²) < 4.78 is 4.96. The fourth-order valence-corrected chi connectivity index (χ4v) is 7.01. The molecule has 0 saturated heterocycles. The van der Waals surface area contributed by atoms with Gasteiger partial charge in [0, 0.05) is 31.3 Å². The van der Waals surface area contributed by atoms with Gasteiger partial charge in [-0.2, -0.15) is 0 Å². The van der Waals surface area contributed by atoms with Crippen LogP contribution in [0.2, 0.25) is 0 Å². The molecular formula is C37H24N2S. The van der Waals surface area contributed by atoms with Gasteiger partial charge in [0.05, 0.1) is 16.7 Å². The molecule has 3 heteroatoms. The van der Waals surface area contributed by atoms with Gasteiger partial charge in [-0.25, -0.2) is 4.98 Å². The molecule has 0 aliphatic rings. The number of nitrogens with zero attached hydrogens (tertiary/aromatic N) is 2. The van der Waals surface area contributed by atoms with Crippen molar-refractivity contribution in [3.05, 3.63) is 146 Å². The van der Waals surface area contributed by atoms with Crippen LogP contribution in [-0.4, -0.2) is 9.55 Å². The third-order valence-electron chi connectivity index (χ3n) is 7.65. The van der Waals surface area contributed by atoms with E-state index < -0.39 is 0 Å². The first-order valence-electron chi connectivity index (χ1n) is 13.5. The van der Waals surface area contributed by atoms with E-state index in [4.69, 9.17) is 4.98 Å². The summed E-state index contributed by atoms with van der Waals surface area (Å²) >= 11 is 1.87. The maximum absolute atomic E-state index is 5.14. The fourth-order valence-electron chi connectivity index (χ4n) is 5.77. The van der Waals surface area contributed by atoms with Gasteiger partial charge in [-0.1, -0.05) is 121 Å². The molecule has 0 spiro atoms. The molecule has 6 aromatic carbocycles. The zero-order chi connectivity index (χ0) is 26.5. The van der Waals surface area contributed by atoms with E-state index in [0.717, 1.165) is 28.1 Å². The van der Waals surface area contributed by atoms with Crippen LogP contribution in [0.4, 0.5) is 0 Å². The van der Waals surface area contributed by atoms with Crippen LogP contribution in [0.3, 0.4) is 0 Å². The lowest BCUT2D eigenvalue weighted by Gasteiger charge is -2.15. The van der Waals surface area contributed by atoms with E-state index >= 15 is 0 Å². The summed E-state index contributed by atoms with van der Waals surface area (Å²) in [5, 5.41) is 2.65. The Kier molecular flexibility index (Phi) is 5.35. The molecule has 0 bridgehead atoms. The van der Waals surface area contributed by atoms with Gasteiger partial charge >= 0.3 is 0 Å². The molecule has 0 saturated carbocycles. The van der Waals surface area contributed by atoms with Crippen LogP contribution in [0, 0.1) is 0 Å². The van der Waals surface area contributed by atoms with Crippen LogP contribution >= 0.6 is 11.3 Å². The van der Waals surface area contributed by atoms with Gasteiger partial charge < -0.3 is 0 Å². The lowest BCUT2D eigenvalue weighted by Crippen LogP contribution is -2.00. The highest BCUT2D eigenvalue weighted by Crippen LogP contribution is 2.40. The molecule has 0 N–H and O–H groups in total. The van der Waals surface area contributed by atoms with Gasteiger partial charge in [0.2, 0.25) is 0 Å². The molecule has 0 fully saturated rings. The molecule has 2 heterocycles. The second kappa shape index (κ2) is 9.33. The van der Waals surface area contributed by atoms with Crippen molar-refractivity contribution >= 4 is 42.5 Å². The van der Waals surface area contributed by atoms with Crippen LogP contribution in [0.1, 0.15) is 0 Å². The van der Waals surface area contributed by atoms with Gasteiger partial charge in [-0.3, -0.25) is 4.57 Å². The Morgan fingerprint density at radius 1 is 0.475 bits per heavy atom. The molecule has 2 nitrogen and oxygen atoms in total. The molecule has 40 heavy (non-hydrogen) atoms. The molecule has 0 amide bonds. The van der Waals surface area contributed by atoms with Gasteiger partial charge in [-0.15, -0.1) is 11.3 Å². The fraction of sp³-hybridized carbons (Fsp3) is 0. The van der Waals surface area contributed by atoms with Crippen molar-refractivity contribution in [3.63, 3.8) is 0 Å². The van der Waals surface area contributed by atoms with E-state index in [9.17, 15) is 0 Å². The predicted octanol–water partition coefficient (Wildman–Crippen LogP) is 10.4. The van der Waals surface area contributed by atoms with E-state index in [1.54, 1.807) is 0 Å². The summed E-state index contributed by atoms with van der Waals surface area (Å²) in [5.41, 5.74) is 9.15. The first-order chi connectivity index (χ1) is 19.8. The topological polar surface area (TPSA) is 17.8 Å². The second-order valence-electron chi connectivity index (χ2n) is 10.0. The van der Waals surface area contributed by atoms with Crippen LogP contribution in [-0.2, 0) is 0 Å². The van der Waals surface area contributed by atoms with Gasteiger partial charge in [0.1, 0.15) is 5.82 Å². The van der Waals surface area contributed by atoms with E-state index in [1.807, 2.05) is 11.3 Å². The monoisotopic (exact) mass is 528 g/mol. The molecule has 8 aromatic rings. The number of rotatable bonds is 4. The summed E-state index contributed by atoms with van der Waals surface area (Å²) in [6.45, 7) is 0. The molecule has 8 rings (SSSR count). The lowest BCUT2D eigenvalue weighted by atomic mass is 10.0. The van der Waals surface area contributed by atoms with E-state index in [2.05, 4.69) is 150 Å². The lowest BCUT2D eigenvalue weighted by molar-refractivity contribution is 1.10. The van der Waals surface area contributed by atoms with Crippen molar-refractivity contribution in [2.45, 2.75) is 0 Å². The van der Waals surface area contributed by atoms with Crippen LogP contribution < -0.4 is 0 Å². The number of hydrogen-bond donors (Lipinski definition) is 0. The van der Waals surface area contributed by atoms with E-state index in [1.165, 1.54) is 42.4 Å². The Hall–Kier alpha value is -4.99. The highest BCUT2D eigenvalue weighted by Gasteiger charge is 2.18. The standard InChI is InChI=1S/C37H24N2S/c1-2-11-25(12-3-1)28-13-4-7-18-33(28)39-34-19-8-6-17-32(34)38-37(39)27-23-21-26(22-24-27)29-15-10-16-31-30-14-5-9-20-35(30)40-36(29)31/h1-24H. The quantitative estimate of drug-likeness (QED) is 0.222. The number of imidazole rings is 1. The van der Waals surface area contributed by atoms with Gasteiger partial charge in [0.25, 0.3) is 0 Å². The zero-order valence-corrected chi connectivity index (χ0v) is 22.5. The number of benzene rings is 6. The normalized spacial score (nSPS) is 11.5. The summed E-state index contributed by atoms with van der Waals surface area (Å²) in [7, 11) is 0. The smallest absolute Gasteiger partial charge is 0.145 e. The van der Waals surface area contributed by atoms with Crippen molar-refractivity contribution < 1.29 is 0 Å². The second-order valence-corrected chi connectivity index (χ2v) is 11.1.